The second-order valence-electron chi connectivity index (χ2n) is 5.86. The Morgan fingerprint density at radius 1 is 1.68 bits per heavy atom. The summed E-state index contributed by atoms with van der Waals surface area (Å²) in [4.78, 5) is 14.0. The topological polar surface area (TPSA) is 74.0 Å². The number of nitrogens with one attached hydrogen (secondary N) is 1. The number of nitrogens with zero attached hydrogens (tertiary/aromatic N) is 4. The number of aryl methyl sites for hydroxylation is 1. The van der Waals surface area contributed by atoms with E-state index in [4.69, 9.17) is 5.26 Å². The first-order valence-corrected chi connectivity index (χ1v) is 8.01. The highest BCUT2D eigenvalue weighted by molar-refractivity contribution is 5.81. The van der Waals surface area contributed by atoms with Crippen LogP contribution in [0.4, 0.5) is 0 Å². The zero-order valence-electron chi connectivity index (χ0n) is 13.7. The van der Waals surface area contributed by atoms with Crippen molar-refractivity contribution in [3.63, 3.8) is 0 Å². The molecular formula is C16H25N5O. The first-order valence-electron chi connectivity index (χ1n) is 8.01. The summed E-state index contributed by atoms with van der Waals surface area (Å²) < 4.78 is 2.05. The third kappa shape index (κ3) is 3.47. The number of amides is 1. The van der Waals surface area contributed by atoms with Crippen LogP contribution in [0.5, 0.6) is 0 Å². The Kier molecular flexibility index (Phi) is 5.56. The normalized spacial score (nSPS) is 18.4. The molecule has 0 spiro atoms. The third-order valence-electron chi connectivity index (χ3n) is 4.32. The molecular weight excluding hydrogens is 278 g/mol. The van der Waals surface area contributed by atoms with E-state index in [-0.39, 0.29) is 18.0 Å². The molecule has 0 saturated heterocycles. The van der Waals surface area contributed by atoms with Gasteiger partial charge in [0.15, 0.2) is 0 Å². The van der Waals surface area contributed by atoms with E-state index in [0.717, 1.165) is 25.8 Å². The van der Waals surface area contributed by atoms with Gasteiger partial charge in [-0.1, -0.05) is 0 Å². The number of hydrogen-bond donors (Lipinski definition) is 1. The van der Waals surface area contributed by atoms with Gasteiger partial charge in [-0.25, -0.2) is 0 Å². The van der Waals surface area contributed by atoms with Crippen LogP contribution in [0.3, 0.4) is 0 Å². The maximum Gasteiger partial charge on any atom is 0.239 e. The first-order chi connectivity index (χ1) is 10.6. The predicted molar refractivity (Wildman–Crippen MR) is 84.0 cm³/mol. The molecule has 120 valence electrons. The maximum atomic E-state index is 12.3. The fourth-order valence-corrected chi connectivity index (χ4v) is 3.10. The lowest BCUT2D eigenvalue weighted by Gasteiger charge is -2.29. The van der Waals surface area contributed by atoms with Gasteiger partial charge in [-0.2, -0.15) is 10.4 Å². The molecule has 1 aliphatic rings. The van der Waals surface area contributed by atoms with Gasteiger partial charge in [0, 0.05) is 37.4 Å². The van der Waals surface area contributed by atoms with Crippen LogP contribution >= 0.6 is 0 Å². The molecule has 22 heavy (non-hydrogen) atoms. The molecule has 1 aliphatic carbocycles. The molecule has 0 aliphatic heterocycles. The van der Waals surface area contributed by atoms with Gasteiger partial charge >= 0.3 is 0 Å². The van der Waals surface area contributed by atoms with Crippen molar-refractivity contribution in [1.82, 2.24) is 20.0 Å². The SMILES string of the molecule is CCn1ncc2c1CCC[C@@H]2N[C@@H](C)C(=O)N(C)CCC#N. The first kappa shape index (κ1) is 16.5. The van der Waals surface area contributed by atoms with Crippen molar-refractivity contribution in [3.8, 4) is 6.07 Å². The molecule has 0 aromatic carbocycles. The summed E-state index contributed by atoms with van der Waals surface area (Å²) in [5.74, 6) is 0.0326. The molecule has 2 rings (SSSR count). The Bertz CT molecular complexity index is 559. The smallest absolute Gasteiger partial charge is 0.239 e. The van der Waals surface area contributed by atoms with Gasteiger partial charge in [-0.3, -0.25) is 14.8 Å². The number of carbonyl (C=O) groups excluding carboxylic acids is 1. The van der Waals surface area contributed by atoms with Crippen LogP contribution in [0, 0.1) is 11.3 Å². The Balaban J connectivity index is 2.01. The third-order valence-corrected chi connectivity index (χ3v) is 4.32. The predicted octanol–water partition coefficient (Wildman–Crippen LogP) is 1.63. The Labute approximate surface area is 132 Å². The van der Waals surface area contributed by atoms with Crippen molar-refractivity contribution in [2.75, 3.05) is 13.6 Å². The summed E-state index contributed by atoms with van der Waals surface area (Å²) in [7, 11) is 1.75. The molecule has 0 bridgehead atoms. The minimum Gasteiger partial charge on any atom is -0.343 e. The average Bonchev–Trinajstić information content (AvgIpc) is 2.95. The molecule has 1 N–H and O–H groups in total. The van der Waals surface area contributed by atoms with Gasteiger partial charge in [-0.15, -0.1) is 0 Å². The molecule has 0 radical (unpaired) electrons. The molecule has 6 heteroatoms. The zero-order chi connectivity index (χ0) is 16.1. The largest absolute Gasteiger partial charge is 0.343 e. The highest BCUT2D eigenvalue weighted by atomic mass is 16.2. The summed E-state index contributed by atoms with van der Waals surface area (Å²) in [6, 6.07) is 2.00. The monoisotopic (exact) mass is 303 g/mol. The van der Waals surface area contributed by atoms with Crippen molar-refractivity contribution in [2.24, 2.45) is 0 Å². The lowest BCUT2D eigenvalue weighted by atomic mass is 9.92. The number of fused-ring (bicyclic) bond motifs is 1. The quantitative estimate of drug-likeness (QED) is 0.867. The van der Waals surface area contributed by atoms with E-state index in [1.807, 2.05) is 13.1 Å². The highest BCUT2D eigenvalue weighted by Crippen LogP contribution is 2.30. The molecule has 1 aromatic rings. The van der Waals surface area contributed by atoms with Crippen molar-refractivity contribution in [1.29, 1.82) is 5.26 Å². The molecule has 1 aromatic heterocycles. The van der Waals surface area contributed by atoms with Gasteiger partial charge in [-0.05, 0) is 33.1 Å². The molecule has 2 atom stereocenters. The van der Waals surface area contributed by atoms with E-state index in [9.17, 15) is 4.79 Å². The lowest BCUT2D eigenvalue weighted by Crippen LogP contribution is -2.45. The van der Waals surface area contributed by atoms with E-state index < -0.39 is 0 Å². The second-order valence-corrected chi connectivity index (χ2v) is 5.86. The van der Waals surface area contributed by atoms with Crippen molar-refractivity contribution in [3.05, 3.63) is 17.5 Å². The number of aromatic nitrogens is 2. The minimum absolute atomic E-state index is 0.0326. The highest BCUT2D eigenvalue weighted by Gasteiger charge is 2.27. The van der Waals surface area contributed by atoms with Gasteiger partial charge in [0.05, 0.1) is 24.7 Å². The van der Waals surface area contributed by atoms with Crippen LogP contribution < -0.4 is 5.32 Å². The van der Waals surface area contributed by atoms with E-state index >= 15 is 0 Å². The van der Waals surface area contributed by atoms with Crippen LogP contribution in [-0.4, -0.2) is 40.2 Å². The fourth-order valence-electron chi connectivity index (χ4n) is 3.10. The summed E-state index contributed by atoms with van der Waals surface area (Å²) >= 11 is 0. The number of likely N-dealkylation sites (N-methyl/N-ethyl adjacent to an activating group) is 1. The second kappa shape index (κ2) is 7.41. The number of rotatable bonds is 6. The Hall–Kier alpha value is -1.87. The average molecular weight is 303 g/mol. The van der Waals surface area contributed by atoms with E-state index in [2.05, 4.69) is 28.1 Å². The van der Waals surface area contributed by atoms with Crippen LogP contribution in [-0.2, 0) is 17.8 Å². The fraction of sp³-hybridized carbons (Fsp3) is 0.688. The van der Waals surface area contributed by atoms with Crippen LogP contribution in [0.25, 0.3) is 0 Å². The summed E-state index contributed by atoms with van der Waals surface area (Å²) in [5.41, 5.74) is 2.52. The van der Waals surface area contributed by atoms with Crippen LogP contribution in [0.2, 0.25) is 0 Å². The minimum atomic E-state index is -0.260. The molecule has 6 nitrogen and oxygen atoms in total. The maximum absolute atomic E-state index is 12.3. The van der Waals surface area contributed by atoms with Crippen molar-refractivity contribution < 1.29 is 4.79 Å². The molecule has 1 heterocycles. The number of carbonyl (C=O) groups is 1. The van der Waals surface area contributed by atoms with Gasteiger partial charge in [0.25, 0.3) is 0 Å². The van der Waals surface area contributed by atoms with Crippen LogP contribution in [0.15, 0.2) is 6.20 Å². The lowest BCUT2D eigenvalue weighted by molar-refractivity contribution is -0.131. The molecule has 1 amide bonds. The summed E-state index contributed by atoms with van der Waals surface area (Å²) in [5, 5.41) is 16.5. The molecule has 0 saturated carbocycles. The summed E-state index contributed by atoms with van der Waals surface area (Å²) in [6.45, 7) is 5.35. The van der Waals surface area contributed by atoms with Gasteiger partial charge in [0.1, 0.15) is 0 Å². The van der Waals surface area contributed by atoms with Gasteiger partial charge < -0.3 is 4.90 Å². The Morgan fingerprint density at radius 2 is 2.45 bits per heavy atom. The number of hydrogen-bond acceptors (Lipinski definition) is 4. The standard InChI is InChI=1S/C16H25N5O/c1-4-21-15-8-5-7-14(13(15)11-18-21)19-12(2)16(22)20(3)10-6-9-17/h11-12,14,19H,4-8,10H2,1-3H3/t12-,14-/m0/s1. The van der Waals surface area contributed by atoms with E-state index in [0.29, 0.717) is 13.0 Å². The van der Waals surface area contributed by atoms with Gasteiger partial charge in [0.2, 0.25) is 5.91 Å². The molecule has 0 unspecified atom stereocenters. The van der Waals surface area contributed by atoms with Crippen molar-refractivity contribution in [2.45, 2.75) is 58.2 Å². The van der Waals surface area contributed by atoms with Crippen molar-refractivity contribution >= 4 is 5.91 Å². The summed E-state index contributed by atoms with van der Waals surface area (Å²) in [6.07, 6.45) is 5.51. The number of nitriles is 1. The zero-order valence-corrected chi connectivity index (χ0v) is 13.7. The Morgan fingerprint density at radius 3 is 3.14 bits per heavy atom. The van der Waals surface area contributed by atoms with E-state index in [1.165, 1.54) is 11.3 Å². The molecule has 0 fully saturated rings. The van der Waals surface area contributed by atoms with Crippen LogP contribution in [0.1, 0.15) is 50.4 Å². The van der Waals surface area contributed by atoms with E-state index in [1.54, 1.807) is 11.9 Å².